The zero-order valence-electron chi connectivity index (χ0n) is 10.6. The Balaban J connectivity index is 1.95. The molecule has 0 saturated carbocycles. The lowest BCUT2D eigenvalue weighted by molar-refractivity contribution is -0.384. The number of nitrogens with zero attached hydrogens (tertiary/aromatic N) is 1. The Morgan fingerprint density at radius 1 is 1.35 bits per heavy atom. The van der Waals surface area contributed by atoms with Crippen molar-refractivity contribution in [3.63, 3.8) is 0 Å². The number of ether oxygens (including phenoxy) is 1. The monoisotopic (exact) mass is 275 g/mol. The van der Waals surface area contributed by atoms with Crippen molar-refractivity contribution in [3.05, 3.63) is 34.4 Å². The van der Waals surface area contributed by atoms with E-state index in [0.29, 0.717) is 17.1 Å². The number of hydrogen-bond acceptors (Lipinski definition) is 5. The van der Waals surface area contributed by atoms with Crippen molar-refractivity contribution < 1.29 is 14.5 Å². The standard InChI is InChI=1S/C13H13N3O4/c17-13-7-20-12-6-11(16(18)19)9(5-10(12)15-13)14-8-3-1-2-4-8/h1-2,5-6,8,14H,3-4,7H2,(H,15,17). The fraction of sp³-hybridized carbons (Fsp3) is 0.308. The lowest BCUT2D eigenvalue weighted by Gasteiger charge is -2.20. The van der Waals surface area contributed by atoms with Gasteiger partial charge in [0, 0.05) is 6.04 Å². The van der Waals surface area contributed by atoms with Gasteiger partial charge in [0.05, 0.1) is 16.7 Å². The maximum absolute atomic E-state index is 11.3. The van der Waals surface area contributed by atoms with Crippen molar-refractivity contribution in [3.8, 4) is 5.75 Å². The number of nitrogens with one attached hydrogen (secondary N) is 2. The lowest BCUT2D eigenvalue weighted by Crippen LogP contribution is -2.26. The Hall–Kier alpha value is -2.57. The van der Waals surface area contributed by atoms with Gasteiger partial charge in [-0.2, -0.15) is 0 Å². The highest BCUT2D eigenvalue weighted by Gasteiger charge is 2.25. The van der Waals surface area contributed by atoms with Crippen LogP contribution in [0.4, 0.5) is 17.1 Å². The molecule has 0 unspecified atom stereocenters. The van der Waals surface area contributed by atoms with Crippen molar-refractivity contribution in [1.29, 1.82) is 0 Å². The fourth-order valence-electron chi connectivity index (χ4n) is 2.34. The van der Waals surface area contributed by atoms with Crippen LogP contribution < -0.4 is 15.4 Å². The SMILES string of the molecule is O=C1COc2cc([N+](=O)[O-])c(NC3CC=CC3)cc2N1. The second-order valence-corrected chi connectivity index (χ2v) is 4.74. The molecule has 1 aliphatic carbocycles. The Morgan fingerprint density at radius 2 is 2.10 bits per heavy atom. The number of carbonyl (C=O) groups is 1. The quantitative estimate of drug-likeness (QED) is 0.500. The van der Waals surface area contributed by atoms with Gasteiger partial charge in [-0.3, -0.25) is 14.9 Å². The number of nitro benzene ring substituents is 1. The van der Waals surface area contributed by atoms with E-state index in [1.54, 1.807) is 6.07 Å². The van der Waals surface area contributed by atoms with Gasteiger partial charge in [-0.25, -0.2) is 0 Å². The number of nitro groups is 1. The summed E-state index contributed by atoms with van der Waals surface area (Å²) >= 11 is 0. The van der Waals surface area contributed by atoms with Gasteiger partial charge in [0.1, 0.15) is 5.69 Å². The fourth-order valence-corrected chi connectivity index (χ4v) is 2.34. The van der Waals surface area contributed by atoms with Crippen molar-refractivity contribution in [2.45, 2.75) is 18.9 Å². The van der Waals surface area contributed by atoms with Gasteiger partial charge in [-0.05, 0) is 18.9 Å². The molecule has 3 rings (SSSR count). The van der Waals surface area contributed by atoms with Crippen LogP contribution in [-0.2, 0) is 4.79 Å². The molecule has 0 saturated heterocycles. The molecule has 20 heavy (non-hydrogen) atoms. The van der Waals surface area contributed by atoms with Crippen LogP contribution in [-0.4, -0.2) is 23.5 Å². The van der Waals surface area contributed by atoms with Gasteiger partial charge in [0.15, 0.2) is 12.4 Å². The summed E-state index contributed by atoms with van der Waals surface area (Å²) in [6.07, 6.45) is 5.73. The Kier molecular flexibility index (Phi) is 3.02. The molecular formula is C13H13N3O4. The van der Waals surface area contributed by atoms with Crippen molar-refractivity contribution in [2.75, 3.05) is 17.2 Å². The molecule has 7 nitrogen and oxygen atoms in total. The van der Waals surface area contributed by atoms with Crippen molar-refractivity contribution in [1.82, 2.24) is 0 Å². The molecule has 0 aromatic heterocycles. The van der Waals surface area contributed by atoms with Crippen LogP contribution in [0.15, 0.2) is 24.3 Å². The van der Waals surface area contributed by atoms with E-state index < -0.39 is 4.92 Å². The van der Waals surface area contributed by atoms with E-state index in [2.05, 4.69) is 10.6 Å². The normalized spacial score (nSPS) is 17.3. The third-order valence-electron chi connectivity index (χ3n) is 3.29. The summed E-state index contributed by atoms with van der Waals surface area (Å²) in [6, 6.07) is 3.05. The highest BCUT2D eigenvalue weighted by molar-refractivity contribution is 5.96. The predicted molar refractivity (Wildman–Crippen MR) is 73.0 cm³/mol. The summed E-state index contributed by atoms with van der Waals surface area (Å²) in [6.45, 7) is -0.122. The van der Waals surface area contributed by atoms with Crippen molar-refractivity contribution in [2.24, 2.45) is 0 Å². The van der Waals surface area contributed by atoms with E-state index in [-0.39, 0.29) is 24.2 Å². The number of anilines is 2. The Morgan fingerprint density at radius 3 is 2.80 bits per heavy atom. The average Bonchev–Trinajstić information content (AvgIpc) is 2.90. The molecule has 0 atom stereocenters. The minimum atomic E-state index is -0.454. The predicted octanol–water partition coefficient (Wildman–Crippen LogP) is 2.06. The largest absolute Gasteiger partial charge is 0.481 e. The summed E-state index contributed by atoms with van der Waals surface area (Å²) in [7, 11) is 0. The summed E-state index contributed by atoms with van der Waals surface area (Å²) < 4.78 is 5.19. The van der Waals surface area contributed by atoms with Gasteiger partial charge in [0.2, 0.25) is 0 Å². The molecule has 1 aromatic carbocycles. The molecular weight excluding hydrogens is 262 g/mol. The summed E-state index contributed by atoms with van der Waals surface area (Å²) in [5, 5.41) is 16.9. The van der Waals surface area contributed by atoms with Crippen LogP contribution >= 0.6 is 0 Å². The van der Waals surface area contributed by atoms with Crippen LogP contribution in [0.3, 0.4) is 0 Å². The van der Waals surface area contributed by atoms with E-state index in [1.807, 2.05) is 12.2 Å². The van der Waals surface area contributed by atoms with Gasteiger partial charge in [0.25, 0.3) is 11.6 Å². The minimum Gasteiger partial charge on any atom is -0.481 e. The second-order valence-electron chi connectivity index (χ2n) is 4.74. The zero-order chi connectivity index (χ0) is 14.1. The molecule has 1 aromatic rings. The van der Waals surface area contributed by atoms with E-state index in [9.17, 15) is 14.9 Å². The number of carbonyl (C=O) groups excluding carboxylic acids is 1. The molecule has 0 radical (unpaired) electrons. The van der Waals surface area contributed by atoms with E-state index in [0.717, 1.165) is 12.8 Å². The first kappa shape index (κ1) is 12.5. The Labute approximate surface area is 114 Å². The summed E-state index contributed by atoms with van der Waals surface area (Å²) in [4.78, 5) is 22.0. The molecule has 1 aliphatic heterocycles. The zero-order valence-corrected chi connectivity index (χ0v) is 10.6. The first-order valence-electron chi connectivity index (χ1n) is 6.30. The van der Waals surface area contributed by atoms with E-state index >= 15 is 0 Å². The first-order valence-corrected chi connectivity index (χ1v) is 6.30. The number of benzene rings is 1. The molecule has 104 valence electrons. The maximum Gasteiger partial charge on any atom is 0.296 e. The molecule has 0 fully saturated rings. The number of fused-ring (bicyclic) bond motifs is 1. The lowest BCUT2D eigenvalue weighted by atomic mass is 10.1. The molecule has 1 heterocycles. The second kappa shape index (κ2) is 4.84. The topological polar surface area (TPSA) is 93.5 Å². The Bertz CT molecular complexity index is 604. The van der Waals surface area contributed by atoms with Gasteiger partial charge in [-0.1, -0.05) is 12.2 Å². The minimum absolute atomic E-state index is 0.0493. The van der Waals surface area contributed by atoms with E-state index in [1.165, 1.54) is 6.07 Å². The highest BCUT2D eigenvalue weighted by Crippen LogP contribution is 2.38. The number of hydrogen-bond donors (Lipinski definition) is 2. The highest BCUT2D eigenvalue weighted by atomic mass is 16.6. The van der Waals surface area contributed by atoms with Crippen LogP contribution in [0.5, 0.6) is 5.75 Å². The van der Waals surface area contributed by atoms with Gasteiger partial charge < -0.3 is 15.4 Å². The first-order chi connectivity index (χ1) is 9.63. The van der Waals surface area contributed by atoms with Crippen LogP contribution in [0, 0.1) is 10.1 Å². The molecule has 0 spiro atoms. The van der Waals surface area contributed by atoms with Gasteiger partial charge >= 0.3 is 0 Å². The van der Waals surface area contributed by atoms with Gasteiger partial charge in [-0.15, -0.1) is 0 Å². The molecule has 2 aliphatic rings. The summed E-state index contributed by atoms with van der Waals surface area (Å²) in [5.74, 6) is 0.0613. The van der Waals surface area contributed by atoms with Crippen LogP contribution in [0.25, 0.3) is 0 Å². The number of amides is 1. The molecule has 2 N–H and O–H groups in total. The summed E-state index contributed by atoms with van der Waals surface area (Å²) in [5.41, 5.74) is 0.806. The maximum atomic E-state index is 11.3. The smallest absolute Gasteiger partial charge is 0.296 e. The molecule has 1 amide bonds. The van der Waals surface area contributed by atoms with Crippen LogP contribution in [0.2, 0.25) is 0 Å². The number of rotatable bonds is 3. The third-order valence-corrected chi connectivity index (χ3v) is 3.29. The van der Waals surface area contributed by atoms with E-state index in [4.69, 9.17) is 4.74 Å². The average molecular weight is 275 g/mol. The van der Waals surface area contributed by atoms with Crippen molar-refractivity contribution >= 4 is 23.0 Å². The molecule has 0 bridgehead atoms. The van der Waals surface area contributed by atoms with Crippen LogP contribution in [0.1, 0.15) is 12.8 Å². The third kappa shape index (κ3) is 2.29. The molecule has 7 heteroatoms.